The largest absolute Gasteiger partial charge is 0.480 e. The molecule has 0 aromatic rings. The third kappa shape index (κ3) is 4.23. The van der Waals surface area contributed by atoms with E-state index in [1.165, 1.54) is 29.9 Å². The van der Waals surface area contributed by atoms with Gasteiger partial charge < -0.3 is 9.90 Å². The molecule has 2 saturated carbocycles. The fraction of sp³-hybridized carbons (Fsp3) is 0.800. The number of rotatable bonds is 4. The van der Waals surface area contributed by atoms with Crippen molar-refractivity contribution in [3.63, 3.8) is 0 Å². The zero-order chi connectivity index (χ0) is 15.3. The van der Waals surface area contributed by atoms with Crippen LogP contribution in [0.15, 0.2) is 0 Å². The SMILES string of the molecule is O=CC1(SC(=S)SC2(C(=O)O)CCCCC2)CCCCC1. The van der Waals surface area contributed by atoms with E-state index in [1.54, 1.807) is 0 Å². The van der Waals surface area contributed by atoms with E-state index in [0.29, 0.717) is 16.4 Å². The summed E-state index contributed by atoms with van der Waals surface area (Å²) in [6.07, 6.45) is 10.4. The standard InChI is InChI=1S/C15H22O3S3/c16-11-14(7-3-1-4-8-14)20-13(19)21-15(12(17)18)9-5-2-6-10-15/h11H,1-10H2,(H,17,18). The van der Waals surface area contributed by atoms with E-state index in [2.05, 4.69) is 0 Å². The van der Waals surface area contributed by atoms with Crippen molar-refractivity contribution in [2.75, 3.05) is 0 Å². The number of hydrogen-bond donors (Lipinski definition) is 1. The third-order valence-electron chi connectivity index (χ3n) is 4.53. The fourth-order valence-electron chi connectivity index (χ4n) is 3.22. The minimum Gasteiger partial charge on any atom is -0.480 e. The molecule has 118 valence electrons. The van der Waals surface area contributed by atoms with Crippen molar-refractivity contribution in [3.05, 3.63) is 0 Å². The van der Waals surface area contributed by atoms with Gasteiger partial charge in [0, 0.05) is 0 Å². The van der Waals surface area contributed by atoms with Gasteiger partial charge in [-0.25, -0.2) is 0 Å². The fourth-order valence-corrected chi connectivity index (χ4v) is 7.11. The second-order valence-electron chi connectivity index (χ2n) is 6.06. The van der Waals surface area contributed by atoms with Crippen LogP contribution in [0.3, 0.4) is 0 Å². The van der Waals surface area contributed by atoms with Crippen molar-refractivity contribution in [1.82, 2.24) is 0 Å². The van der Waals surface area contributed by atoms with Crippen LogP contribution in [0.5, 0.6) is 0 Å². The van der Waals surface area contributed by atoms with Gasteiger partial charge in [-0.15, -0.1) is 0 Å². The summed E-state index contributed by atoms with van der Waals surface area (Å²) in [5, 5.41) is 9.61. The van der Waals surface area contributed by atoms with E-state index in [0.717, 1.165) is 51.2 Å². The number of aliphatic carboxylic acids is 1. The Bertz CT molecular complexity index is 410. The monoisotopic (exact) mass is 346 g/mol. The van der Waals surface area contributed by atoms with Gasteiger partial charge in [-0.1, -0.05) is 74.3 Å². The second kappa shape index (κ2) is 7.47. The quantitative estimate of drug-likeness (QED) is 0.600. The number of carbonyl (C=O) groups excluding carboxylic acids is 1. The van der Waals surface area contributed by atoms with Gasteiger partial charge in [0.05, 0.1) is 4.75 Å². The molecule has 2 aliphatic rings. The summed E-state index contributed by atoms with van der Waals surface area (Å²) in [5.74, 6) is -0.751. The molecule has 0 spiro atoms. The maximum atomic E-state index is 11.7. The van der Waals surface area contributed by atoms with E-state index >= 15 is 0 Å². The van der Waals surface area contributed by atoms with Crippen LogP contribution in [0.2, 0.25) is 0 Å². The van der Waals surface area contributed by atoms with Crippen LogP contribution < -0.4 is 0 Å². The minimum atomic E-state index is -0.763. The molecule has 0 amide bonds. The van der Waals surface area contributed by atoms with Crippen molar-refractivity contribution in [2.45, 2.75) is 73.7 Å². The molecule has 0 aliphatic heterocycles. The zero-order valence-electron chi connectivity index (χ0n) is 12.1. The summed E-state index contributed by atoms with van der Waals surface area (Å²) in [5.41, 5.74) is 0. The van der Waals surface area contributed by atoms with Gasteiger partial charge in [0.25, 0.3) is 0 Å². The van der Waals surface area contributed by atoms with Gasteiger partial charge in [-0.2, -0.15) is 0 Å². The number of carboxylic acid groups (broad SMARTS) is 1. The van der Waals surface area contributed by atoms with Crippen LogP contribution in [0.1, 0.15) is 64.2 Å². The van der Waals surface area contributed by atoms with Crippen LogP contribution in [0.25, 0.3) is 0 Å². The highest BCUT2D eigenvalue weighted by atomic mass is 32.2. The molecule has 21 heavy (non-hydrogen) atoms. The number of carbonyl (C=O) groups is 2. The van der Waals surface area contributed by atoms with E-state index in [1.807, 2.05) is 0 Å². The molecular weight excluding hydrogens is 324 g/mol. The molecule has 2 rings (SSSR count). The highest BCUT2D eigenvalue weighted by Crippen LogP contribution is 2.47. The summed E-state index contributed by atoms with van der Waals surface area (Å²) >= 11 is 8.21. The van der Waals surface area contributed by atoms with Crippen LogP contribution >= 0.6 is 35.7 Å². The highest BCUT2D eigenvalue weighted by molar-refractivity contribution is 8.48. The number of carboxylic acids is 1. The number of hydrogen-bond acceptors (Lipinski definition) is 5. The Hall–Kier alpha value is -0.0700. The normalized spacial score (nSPS) is 24.2. The molecule has 2 fully saturated rings. The first kappa shape index (κ1) is 17.3. The number of thioether (sulfide) groups is 2. The molecule has 2 aliphatic carbocycles. The first-order valence-corrected chi connectivity index (χ1v) is 9.68. The third-order valence-corrected chi connectivity index (χ3v) is 7.75. The van der Waals surface area contributed by atoms with Gasteiger partial charge in [-0.05, 0) is 25.7 Å². The lowest BCUT2D eigenvalue weighted by molar-refractivity contribution is -0.140. The van der Waals surface area contributed by atoms with Crippen LogP contribution in [0, 0.1) is 0 Å². The Balaban J connectivity index is 2.01. The maximum Gasteiger partial charge on any atom is 0.320 e. The van der Waals surface area contributed by atoms with Crippen molar-refractivity contribution in [1.29, 1.82) is 0 Å². The maximum absolute atomic E-state index is 11.7. The predicted octanol–water partition coefficient (Wildman–Crippen LogP) is 4.43. The smallest absolute Gasteiger partial charge is 0.320 e. The molecule has 6 heteroatoms. The number of aldehydes is 1. The zero-order valence-corrected chi connectivity index (χ0v) is 14.6. The molecule has 0 heterocycles. The van der Waals surface area contributed by atoms with E-state index < -0.39 is 15.5 Å². The summed E-state index contributed by atoms with van der Waals surface area (Å²) in [6.45, 7) is 0. The Morgan fingerprint density at radius 1 is 0.952 bits per heavy atom. The summed E-state index contributed by atoms with van der Waals surface area (Å²) in [6, 6.07) is 0. The van der Waals surface area contributed by atoms with Crippen molar-refractivity contribution in [3.8, 4) is 0 Å². The molecule has 0 aromatic heterocycles. The molecule has 0 saturated heterocycles. The van der Waals surface area contributed by atoms with Crippen LogP contribution in [-0.4, -0.2) is 30.4 Å². The summed E-state index contributed by atoms with van der Waals surface area (Å²) in [4.78, 5) is 23.2. The Morgan fingerprint density at radius 3 is 1.95 bits per heavy atom. The van der Waals surface area contributed by atoms with Crippen molar-refractivity contribution >= 4 is 51.5 Å². The lowest BCUT2D eigenvalue weighted by Gasteiger charge is -2.35. The predicted molar refractivity (Wildman–Crippen MR) is 93.1 cm³/mol. The highest BCUT2D eigenvalue weighted by Gasteiger charge is 2.43. The van der Waals surface area contributed by atoms with Crippen molar-refractivity contribution in [2.24, 2.45) is 0 Å². The Kier molecular flexibility index (Phi) is 6.15. The van der Waals surface area contributed by atoms with E-state index in [-0.39, 0.29) is 0 Å². The van der Waals surface area contributed by atoms with E-state index in [9.17, 15) is 14.7 Å². The van der Waals surface area contributed by atoms with Crippen LogP contribution in [0.4, 0.5) is 0 Å². The average molecular weight is 347 g/mol. The van der Waals surface area contributed by atoms with E-state index in [4.69, 9.17) is 12.2 Å². The van der Waals surface area contributed by atoms with Gasteiger partial charge in [0.15, 0.2) is 0 Å². The Labute approximate surface area is 140 Å². The molecule has 0 unspecified atom stereocenters. The Morgan fingerprint density at radius 2 is 1.48 bits per heavy atom. The second-order valence-corrected chi connectivity index (χ2v) is 10.1. The molecule has 0 aromatic carbocycles. The lowest BCUT2D eigenvalue weighted by atomic mass is 9.88. The minimum absolute atomic E-state index is 0.406. The first-order chi connectivity index (χ1) is 10.0. The molecule has 0 bridgehead atoms. The molecular formula is C15H22O3S3. The summed E-state index contributed by atoms with van der Waals surface area (Å²) in [7, 11) is 0. The van der Waals surface area contributed by atoms with Gasteiger partial charge in [0.2, 0.25) is 0 Å². The van der Waals surface area contributed by atoms with Gasteiger partial charge >= 0.3 is 5.97 Å². The average Bonchev–Trinajstić information content (AvgIpc) is 2.48. The molecule has 3 nitrogen and oxygen atoms in total. The molecule has 1 N–H and O–H groups in total. The number of thiocarbonyl (C=S) groups is 1. The topological polar surface area (TPSA) is 54.4 Å². The first-order valence-electron chi connectivity index (χ1n) is 7.64. The van der Waals surface area contributed by atoms with Crippen LogP contribution in [-0.2, 0) is 9.59 Å². The van der Waals surface area contributed by atoms with Gasteiger partial charge in [0.1, 0.15) is 14.6 Å². The molecule has 0 radical (unpaired) electrons. The molecule has 0 atom stereocenters. The summed E-state index contributed by atoms with van der Waals surface area (Å²) < 4.78 is -0.536. The van der Waals surface area contributed by atoms with Crippen molar-refractivity contribution < 1.29 is 14.7 Å². The lowest BCUT2D eigenvalue weighted by Crippen LogP contribution is -2.38. The van der Waals surface area contributed by atoms with Gasteiger partial charge in [-0.3, -0.25) is 4.79 Å².